The lowest BCUT2D eigenvalue weighted by molar-refractivity contribution is -0.200. The topological polar surface area (TPSA) is 152 Å². The van der Waals surface area contributed by atoms with Gasteiger partial charge in [0.1, 0.15) is 11.6 Å². The Kier molecular flexibility index (Phi) is 11.0. The highest BCUT2D eigenvalue weighted by Crippen LogP contribution is 2.42. The number of carbonyl (C=O) groups is 3. The van der Waals surface area contributed by atoms with Crippen LogP contribution in [-0.4, -0.2) is 61.4 Å². The molecule has 1 aromatic heterocycles. The summed E-state index contributed by atoms with van der Waals surface area (Å²) in [7, 11) is -3.37. The van der Waals surface area contributed by atoms with Gasteiger partial charge >= 0.3 is 18.2 Å². The number of amides is 2. The molecule has 12 nitrogen and oxygen atoms in total. The molecule has 2 amide bonds. The third-order valence-corrected chi connectivity index (χ3v) is 11.0. The number of carbonyl (C=O) groups excluding carboxylic acids is 3. The van der Waals surface area contributed by atoms with Crippen LogP contribution < -0.4 is 15.9 Å². The number of nitrogens with zero attached hydrogens (tertiary/aromatic N) is 4. The minimum Gasteiger partial charge on any atom is -0.450 e. The number of likely N-dealkylation sites (tertiary alicyclic amines) is 1. The number of aryl methyl sites for hydroxylation is 1. The number of benzene rings is 3. The molecule has 1 saturated heterocycles. The summed E-state index contributed by atoms with van der Waals surface area (Å²) in [6, 6.07) is 8.49. The normalized spacial score (nSPS) is 15.4. The van der Waals surface area contributed by atoms with Crippen LogP contribution in [0.1, 0.15) is 55.5 Å². The van der Waals surface area contributed by atoms with Gasteiger partial charge in [-0.2, -0.15) is 13.2 Å². The number of hydrogen-bond acceptors (Lipinski definition) is 10. The Hall–Kier alpha value is -5.36. The van der Waals surface area contributed by atoms with Crippen LogP contribution in [0.2, 0.25) is 0 Å². The molecule has 1 aliphatic rings. The highest BCUT2D eigenvalue weighted by Gasteiger charge is 2.45. The molecule has 0 saturated carbocycles. The summed E-state index contributed by atoms with van der Waals surface area (Å²) in [6.07, 6.45) is -3.57. The van der Waals surface area contributed by atoms with Crippen molar-refractivity contribution >= 4 is 50.0 Å². The highest BCUT2D eigenvalue weighted by atomic mass is 32.2. The van der Waals surface area contributed by atoms with E-state index in [1.54, 1.807) is 30.5 Å². The Bertz CT molecular complexity index is 2180. The number of halogens is 5. The van der Waals surface area contributed by atoms with Crippen LogP contribution in [0.15, 0.2) is 71.9 Å². The molecule has 1 fully saturated rings. The van der Waals surface area contributed by atoms with Gasteiger partial charge < -0.3 is 14.5 Å². The Morgan fingerprint density at radius 1 is 0.981 bits per heavy atom. The van der Waals surface area contributed by atoms with E-state index in [1.807, 2.05) is 0 Å². The zero-order valence-corrected chi connectivity index (χ0v) is 29.5. The SMILES string of the molecule is COC(=O)N(OC(=O)C(F)(F)F)c1ccc(S(=O)(=O)C(C)C)c(C2CCCN2C(=O)[C@@H](c2cc(C)c(F)cc2F)N(N)c2ccc3cnccc3c2)c1. The van der Waals surface area contributed by atoms with Crippen LogP contribution in [0.5, 0.6) is 0 Å². The van der Waals surface area contributed by atoms with Crippen molar-refractivity contribution in [1.29, 1.82) is 0 Å². The molecule has 0 aliphatic carbocycles. The monoisotopic (exact) mass is 763 g/mol. The number of nitrogens with two attached hydrogens (primary N) is 1. The summed E-state index contributed by atoms with van der Waals surface area (Å²) < 4.78 is 102. The quantitative estimate of drug-likeness (QED) is 0.122. The van der Waals surface area contributed by atoms with Crippen molar-refractivity contribution in [3.63, 3.8) is 0 Å². The molecule has 53 heavy (non-hydrogen) atoms. The van der Waals surface area contributed by atoms with Crippen molar-refractivity contribution in [2.75, 3.05) is 23.7 Å². The number of alkyl halides is 3. The summed E-state index contributed by atoms with van der Waals surface area (Å²) in [5, 5.41) is 1.30. The van der Waals surface area contributed by atoms with E-state index in [1.165, 1.54) is 31.9 Å². The Balaban J connectivity index is 1.67. The molecule has 282 valence electrons. The summed E-state index contributed by atoms with van der Waals surface area (Å²) in [6.45, 7) is 4.12. The molecule has 2 heterocycles. The average molecular weight is 764 g/mol. The molecule has 3 aromatic carbocycles. The van der Waals surface area contributed by atoms with Crippen molar-refractivity contribution in [3.05, 3.63) is 95.3 Å². The molecule has 18 heteroatoms. The first-order chi connectivity index (χ1) is 24.9. The van der Waals surface area contributed by atoms with Crippen LogP contribution >= 0.6 is 0 Å². The predicted octanol–water partition coefficient (Wildman–Crippen LogP) is 6.38. The zero-order chi connectivity index (χ0) is 39.0. The Morgan fingerprint density at radius 3 is 2.34 bits per heavy atom. The van der Waals surface area contributed by atoms with Gasteiger partial charge in [-0.1, -0.05) is 6.07 Å². The maximum Gasteiger partial charge on any atom is 0.493 e. The number of ether oxygens (including phenoxy) is 1. The number of sulfone groups is 1. The van der Waals surface area contributed by atoms with E-state index >= 15 is 4.39 Å². The van der Waals surface area contributed by atoms with Crippen molar-refractivity contribution in [1.82, 2.24) is 9.88 Å². The van der Waals surface area contributed by atoms with Crippen molar-refractivity contribution in [2.24, 2.45) is 5.84 Å². The summed E-state index contributed by atoms with van der Waals surface area (Å²) >= 11 is 0. The molecule has 0 spiro atoms. The van der Waals surface area contributed by atoms with E-state index in [9.17, 15) is 40.4 Å². The van der Waals surface area contributed by atoms with Crippen LogP contribution in [0, 0.1) is 18.6 Å². The second-order valence-corrected chi connectivity index (χ2v) is 15.0. The highest BCUT2D eigenvalue weighted by molar-refractivity contribution is 7.92. The predicted molar refractivity (Wildman–Crippen MR) is 182 cm³/mol. The molecule has 1 aliphatic heterocycles. The van der Waals surface area contributed by atoms with Crippen LogP contribution in [-0.2, 0) is 29.0 Å². The number of fused-ring (bicyclic) bond motifs is 1. The Morgan fingerprint density at radius 2 is 1.68 bits per heavy atom. The first kappa shape index (κ1) is 38.9. The lowest BCUT2D eigenvalue weighted by atomic mass is 9.98. The number of hydroxylamine groups is 1. The van der Waals surface area contributed by atoms with Gasteiger partial charge in [-0.05, 0) is 92.6 Å². The second kappa shape index (κ2) is 14.9. The van der Waals surface area contributed by atoms with E-state index < -0.39 is 68.6 Å². The number of anilines is 2. The van der Waals surface area contributed by atoms with E-state index in [0.29, 0.717) is 11.5 Å². The number of rotatable bonds is 8. The van der Waals surface area contributed by atoms with Gasteiger partial charge in [0, 0.05) is 36.0 Å². The minimum absolute atomic E-state index is 0.00415. The maximum absolute atomic E-state index is 15.7. The molecule has 0 radical (unpaired) electrons. The molecule has 4 aromatic rings. The summed E-state index contributed by atoms with van der Waals surface area (Å²) in [4.78, 5) is 48.4. The first-order valence-corrected chi connectivity index (χ1v) is 17.6. The molecule has 2 atom stereocenters. The van der Waals surface area contributed by atoms with Gasteiger partial charge in [0.05, 0.1) is 34.7 Å². The largest absolute Gasteiger partial charge is 0.493 e. The van der Waals surface area contributed by atoms with Gasteiger partial charge in [-0.25, -0.2) is 32.6 Å². The third kappa shape index (κ3) is 7.73. The van der Waals surface area contributed by atoms with Gasteiger partial charge in [0.15, 0.2) is 15.9 Å². The molecule has 2 N–H and O–H groups in total. The van der Waals surface area contributed by atoms with Gasteiger partial charge in [-0.15, -0.1) is 5.06 Å². The second-order valence-electron chi connectivity index (χ2n) is 12.5. The number of hydrogen-bond donors (Lipinski definition) is 1. The van der Waals surface area contributed by atoms with Crippen LogP contribution in [0.3, 0.4) is 0 Å². The molecular formula is C35H34F5N5O7S. The summed E-state index contributed by atoms with van der Waals surface area (Å²) in [5.41, 5.74) is -0.713. The Labute approximate surface area is 300 Å². The number of hydrazine groups is 1. The van der Waals surface area contributed by atoms with Crippen molar-refractivity contribution in [2.45, 2.75) is 62.0 Å². The van der Waals surface area contributed by atoms with E-state index in [0.717, 1.165) is 41.8 Å². The third-order valence-electron chi connectivity index (χ3n) is 8.80. The van der Waals surface area contributed by atoms with Gasteiger partial charge in [-0.3, -0.25) is 14.8 Å². The van der Waals surface area contributed by atoms with Crippen molar-refractivity contribution in [3.8, 4) is 0 Å². The van der Waals surface area contributed by atoms with Gasteiger partial charge in [0.2, 0.25) is 0 Å². The number of aromatic nitrogens is 1. The zero-order valence-electron chi connectivity index (χ0n) is 28.7. The standard InChI is InChI=1S/C35H34F5N5O7S/c1-19(2)53(49,50)30-10-9-24(45(34(48)51-4)52-33(47)35(38,39)40)16-26(30)29-6-5-13-43(29)32(46)31(25-14-20(3)27(36)17-28(25)37)44(41)23-8-7-22-18-42-12-11-21(22)15-23/h7-12,14-19,29,31H,5-6,13,41H2,1-4H3/t29?,31-/m1/s1. The number of methoxy groups -OCH3 is 1. The van der Waals surface area contributed by atoms with Crippen LogP contribution in [0.25, 0.3) is 10.8 Å². The minimum atomic E-state index is -5.52. The maximum atomic E-state index is 15.7. The fraction of sp³-hybridized carbons (Fsp3) is 0.314. The fourth-order valence-electron chi connectivity index (χ4n) is 6.03. The van der Waals surface area contributed by atoms with E-state index in [-0.39, 0.29) is 51.7 Å². The number of pyridine rings is 1. The van der Waals surface area contributed by atoms with Gasteiger partial charge in [0.25, 0.3) is 5.91 Å². The van der Waals surface area contributed by atoms with E-state index in [4.69, 9.17) is 5.84 Å². The molecule has 0 bridgehead atoms. The fourth-order valence-corrected chi connectivity index (χ4v) is 7.32. The lowest BCUT2D eigenvalue weighted by Crippen LogP contribution is -2.46. The smallest absolute Gasteiger partial charge is 0.450 e. The van der Waals surface area contributed by atoms with Crippen LogP contribution in [0.4, 0.5) is 38.1 Å². The lowest BCUT2D eigenvalue weighted by Gasteiger charge is -2.35. The molecule has 1 unspecified atom stereocenters. The molecular weight excluding hydrogens is 729 g/mol. The molecule has 5 rings (SSSR count). The van der Waals surface area contributed by atoms with Crippen molar-refractivity contribution < 1.29 is 54.3 Å². The average Bonchev–Trinajstić information content (AvgIpc) is 3.61. The summed E-state index contributed by atoms with van der Waals surface area (Å²) in [5.74, 6) is 1.05. The first-order valence-electron chi connectivity index (χ1n) is 16.1. The van der Waals surface area contributed by atoms with E-state index in [2.05, 4.69) is 14.6 Å².